The van der Waals surface area contributed by atoms with Gasteiger partial charge in [0.2, 0.25) is 5.91 Å². The Bertz CT molecular complexity index is 996. The number of carbonyl (C=O) groups is 2. The lowest BCUT2D eigenvalue weighted by Crippen LogP contribution is -2.23. The van der Waals surface area contributed by atoms with Crippen LogP contribution in [0.1, 0.15) is 23.2 Å². The second kappa shape index (κ2) is 7.90. The van der Waals surface area contributed by atoms with Gasteiger partial charge in [-0.1, -0.05) is 11.8 Å². The number of carbonyl (C=O) groups excluding carboxylic acids is 2. The molecule has 1 aliphatic heterocycles. The third kappa shape index (κ3) is 3.94. The largest absolute Gasteiger partial charge is 0.329 e. The van der Waals surface area contributed by atoms with Crippen LogP contribution >= 0.6 is 11.8 Å². The van der Waals surface area contributed by atoms with Gasteiger partial charge in [-0.25, -0.2) is 4.98 Å². The van der Waals surface area contributed by atoms with E-state index in [1.807, 2.05) is 54.2 Å². The zero-order chi connectivity index (χ0) is 19.5. The van der Waals surface area contributed by atoms with E-state index in [-0.39, 0.29) is 11.8 Å². The number of benzene rings is 2. The smallest absolute Gasteiger partial charge is 0.255 e. The Hall–Kier alpha value is -3.06. The van der Waals surface area contributed by atoms with Crippen molar-refractivity contribution < 1.29 is 9.59 Å². The number of nitrogens with one attached hydrogen (secondary N) is 1. The molecule has 0 atom stereocenters. The van der Waals surface area contributed by atoms with Crippen LogP contribution in [0.4, 0.5) is 11.4 Å². The van der Waals surface area contributed by atoms with Gasteiger partial charge >= 0.3 is 0 Å². The summed E-state index contributed by atoms with van der Waals surface area (Å²) in [6, 6.07) is 14.8. The average molecular weight is 392 g/mol. The number of aromatic nitrogens is 2. The van der Waals surface area contributed by atoms with E-state index >= 15 is 0 Å². The SMILES string of the molecule is Cn1ccnc1Sc1ccc(NC(=O)c2ccc(N3CCCC3=O)cc2)cc1. The van der Waals surface area contributed by atoms with E-state index in [9.17, 15) is 9.59 Å². The van der Waals surface area contributed by atoms with Gasteiger partial charge in [-0.05, 0) is 55.0 Å². The van der Waals surface area contributed by atoms with Gasteiger partial charge in [0.1, 0.15) is 0 Å². The van der Waals surface area contributed by atoms with Crippen LogP contribution in [0, 0.1) is 0 Å². The maximum atomic E-state index is 12.5. The molecular weight excluding hydrogens is 372 g/mol. The zero-order valence-electron chi connectivity index (χ0n) is 15.5. The molecule has 1 aliphatic rings. The minimum absolute atomic E-state index is 0.140. The van der Waals surface area contributed by atoms with Gasteiger partial charge < -0.3 is 14.8 Å². The van der Waals surface area contributed by atoms with Crippen molar-refractivity contribution in [3.63, 3.8) is 0 Å². The molecule has 3 aromatic rings. The lowest BCUT2D eigenvalue weighted by molar-refractivity contribution is -0.117. The Morgan fingerprint density at radius 1 is 1.11 bits per heavy atom. The Morgan fingerprint density at radius 2 is 1.86 bits per heavy atom. The van der Waals surface area contributed by atoms with Crippen LogP contribution in [0.25, 0.3) is 0 Å². The van der Waals surface area contributed by atoms with Crippen LogP contribution in [-0.2, 0) is 11.8 Å². The molecule has 2 amide bonds. The van der Waals surface area contributed by atoms with E-state index in [0.717, 1.165) is 34.4 Å². The van der Waals surface area contributed by atoms with Crippen molar-refractivity contribution in [1.29, 1.82) is 0 Å². The molecule has 1 saturated heterocycles. The highest BCUT2D eigenvalue weighted by atomic mass is 32.2. The third-order valence-electron chi connectivity index (χ3n) is 4.61. The first-order chi connectivity index (χ1) is 13.6. The number of hydrogen-bond acceptors (Lipinski definition) is 4. The van der Waals surface area contributed by atoms with Gasteiger partial charge in [-0.3, -0.25) is 9.59 Å². The fraction of sp³-hybridized carbons (Fsp3) is 0.190. The molecule has 2 heterocycles. The summed E-state index contributed by atoms with van der Waals surface area (Å²) in [6.07, 6.45) is 5.15. The summed E-state index contributed by atoms with van der Waals surface area (Å²) in [5.74, 6) is -0.0375. The van der Waals surface area contributed by atoms with Gasteiger partial charge in [0.05, 0.1) is 0 Å². The molecular formula is C21H20N4O2S. The predicted octanol–water partition coefficient (Wildman–Crippen LogP) is 3.95. The first-order valence-corrected chi connectivity index (χ1v) is 9.89. The molecule has 0 spiro atoms. The summed E-state index contributed by atoms with van der Waals surface area (Å²) in [6.45, 7) is 0.743. The first-order valence-electron chi connectivity index (χ1n) is 9.07. The highest BCUT2D eigenvalue weighted by Gasteiger charge is 2.21. The normalized spacial score (nSPS) is 13.8. The lowest BCUT2D eigenvalue weighted by atomic mass is 10.1. The highest BCUT2D eigenvalue weighted by Crippen LogP contribution is 2.27. The Kier molecular flexibility index (Phi) is 5.16. The van der Waals surface area contributed by atoms with E-state index in [0.29, 0.717) is 12.0 Å². The van der Waals surface area contributed by atoms with Crippen LogP contribution in [-0.4, -0.2) is 27.9 Å². The number of imidazole rings is 1. The summed E-state index contributed by atoms with van der Waals surface area (Å²) >= 11 is 1.57. The number of anilines is 2. The molecule has 6 nitrogen and oxygen atoms in total. The Morgan fingerprint density at radius 3 is 2.46 bits per heavy atom. The average Bonchev–Trinajstić information content (AvgIpc) is 3.31. The van der Waals surface area contributed by atoms with Gasteiger partial charge in [0.15, 0.2) is 5.16 Å². The van der Waals surface area contributed by atoms with Gasteiger partial charge in [-0.15, -0.1) is 0 Å². The van der Waals surface area contributed by atoms with Crippen molar-refractivity contribution in [1.82, 2.24) is 9.55 Å². The van der Waals surface area contributed by atoms with E-state index in [2.05, 4.69) is 10.3 Å². The molecule has 142 valence electrons. The maximum Gasteiger partial charge on any atom is 0.255 e. The molecule has 1 fully saturated rings. The van der Waals surface area contributed by atoms with Crippen molar-refractivity contribution >= 4 is 35.0 Å². The quantitative estimate of drug-likeness (QED) is 0.714. The monoisotopic (exact) mass is 392 g/mol. The molecule has 4 rings (SSSR count). The summed E-state index contributed by atoms with van der Waals surface area (Å²) in [5, 5.41) is 3.81. The Labute approximate surface area is 167 Å². The summed E-state index contributed by atoms with van der Waals surface area (Å²) in [4.78, 5) is 31.4. The van der Waals surface area contributed by atoms with Crippen LogP contribution in [0.5, 0.6) is 0 Å². The second-order valence-corrected chi connectivity index (χ2v) is 7.64. The van der Waals surface area contributed by atoms with E-state index < -0.39 is 0 Å². The van der Waals surface area contributed by atoms with E-state index in [4.69, 9.17) is 0 Å². The van der Waals surface area contributed by atoms with Crippen LogP contribution < -0.4 is 10.2 Å². The number of aryl methyl sites for hydroxylation is 1. The molecule has 0 aliphatic carbocycles. The van der Waals surface area contributed by atoms with Gasteiger partial charge in [0, 0.05) is 54.2 Å². The van der Waals surface area contributed by atoms with Crippen LogP contribution in [0.15, 0.2) is 71.0 Å². The van der Waals surface area contributed by atoms with Crippen LogP contribution in [0.2, 0.25) is 0 Å². The van der Waals surface area contributed by atoms with Crippen molar-refractivity contribution in [2.75, 3.05) is 16.8 Å². The summed E-state index contributed by atoms with van der Waals surface area (Å²) in [5.41, 5.74) is 2.13. The van der Waals surface area contributed by atoms with Crippen molar-refractivity contribution in [3.05, 3.63) is 66.5 Å². The van der Waals surface area contributed by atoms with Crippen molar-refractivity contribution in [3.8, 4) is 0 Å². The minimum atomic E-state index is -0.177. The summed E-state index contributed by atoms with van der Waals surface area (Å²) < 4.78 is 1.96. The van der Waals surface area contributed by atoms with Gasteiger partial charge in [-0.2, -0.15) is 0 Å². The number of nitrogens with zero attached hydrogens (tertiary/aromatic N) is 3. The van der Waals surface area contributed by atoms with Crippen LogP contribution in [0.3, 0.4) is 0 Å². The molecule has 1 aromatic heterocycles. The van der Waals surface area contributed by atoms with Crippen molar-refractivity contribution in [2.24, 2.45) is 7.05 Å². The van der Waals surface area contributed by atoms with Gasteiger partial charge in [0.25, 0.3) is 5.91 Å². The molecule has 0 unspecified atom stereocenters. The molecule has 0 radical (unpaired) electrons. The fourth-order valence-corrected chi connectivity index (χ4v) is 3.88. The predicted molar refractivity (Wildman–Crippen MR) is 110 cm³/mol. The maximum absolute atomic E-state index is 12.5. The van der Waals surface area contributed by atoms with E-state index in [1.54, 1.807) is 35.0 Å². The number of amides is 2. The number of hydrogen-bond donors (Lipinski definition) is 1. The summed E-state index contributed by atoms with van der Waals surface area (Å²) in [7, 11) is 1.95. The standard InChI is InChI=1S/C21H20N4O2S/c1-24-14-12-22-21(24)28-18-10-6-16(7-11-18)23-20(27)15-4-8-17(9-5-15)25-13-2-3-19(25)26/h4-12,14H,2-3,13H2,1H3,(H,23,27). The highest BCUT2D eigenvalue weighted by molar-refractivity contribution is 7.99. The lowest BCUT2D eigenvalue weighted by Gasteiger charge is -2.15. The third-order valence-corrected chi connectivity index (χ3v) is 5.70. The zero-order valence-corrected chi connectivity index (χ0v) is 16.3. The molecule has 7 heteroatoms. The minimum Gasteiger partial charge on any atom is -0.329 e. The first kappa shape index (κ1) is 18.3. The fourth-order valence-electron chi connectivity index (χ4n) is 3.08. The van der Waals surface area contributed by atoms with Crippen molar-refractivity contribution in [2.45, 2.75) is 22.9 Å². The molecule has 28 heavy (non-hydrogen) atoms. The Balaban J connectivity index is 1.39. The molecule has 0 saturated carbocycles. The molecule has 2 aromatic carbocycles. The topological polar surface area (TPSA) is 67.2 Å². The van der Waals surface area contributed by atoms with E-state index in [1.165, 1.54) is 0 Å². The second-order valence-electron chi connectivity index (χ2n) is 6.60. The number of rotatable bonds is 5. The molecule has 1 N–H and O–H groups in total. The molecule has 0 bridgehead atoms.